The van der Waals surface area contributed by atoms with Gasteiger partial charge >= 0.3 is 0 Å². The molecule has 0 unspecified atom stereocenters. The van der Waals surface area contributed by atoms with Gasteiger partial charge in [0.2, 0.25) is 5.78 Å². The van der Waals surface area contributed by atoms with Crippen molar-refractivity contribution in [3.63, 3.8) is 0 Å². The summed E-state index contributed by atoms with van der Waals surface area (Å²) < 4.78 is 15.7. The highest BCUT2D eigenvalue weighted by molar-refractivity contribution is 9.13. The summed E-state index contributed by atoms with van der Waals surface area (Å²) in [6.45, 7) is 0. The van der Waals surface area contributed by atoms with Crippen molar-refractivity contribution in [3.8, 4) is 0 Å². The molecule has 0 bridgehead atoms. The predicted octanol–water partition coefficient (Wildman–Crippen LogP) is 5.41. The highest BCUT2D eigenvalue weighted by atomic mass is 79.9. The fourth-order valence-electron chi connectivity index (χ4n) is 1.27. The van der Waals surface area contributed by atoms with Crippen LogP contribution in [0.3, 0.4) is 0 Å². The molecule has 1 nitrogen and oxygen atoms in total. The minimum atomic E-state index is -0.527. The molecule has 0 aliphatic rings. The zero-order valence-electron chi connectivity index (χ0n) is 8.14. The van der Waals surface area contributed by atoms with Crippen molar-refractivity contribution in [2.45, 2.75) is 0 Å². The lowest BCUT2D eigenvalue weighted by Gasteiger charge is -2.02. The number of hydrogen-bond donors (Lipinski definition) is 0. The Kier molecular flexibility index (Phi) is 4.18. The van der Waals surface area contributed by atoms with Crippen molar-refractivity contribution >= 4 is 64.9 Å². The van der Waals surface area contributed by atoms with E-state index in [1.165, 1.54) is 23.5 Å². The zero-order valence-corrected chi connectivity index (χ0v) is 13.7. The van der Waals surface area contributed by atoms with Crippen molar-refractivity contribution in [2.24, 2.45) is 0 Å². The summed E-state index contributed by atoms with van der Waals surface area (Å²) in [4.78, 5) is 12.6. The second-order valence-corrected chi connectivity index (χ2v) is 6.62. The van der Waals surface area contributed by atoms with E-state index in [9.17, 15) is 9.18 Å². The average Bonchev–Trinajstić information content (AvgIpc) is 2.59. The maximum atomic E-state index is 13.7. The lowest BCUT2D eigenvalue weighted by molar-refractivity contribution is 0.103. The molecule has 0 aliphatic heterocycles. The van der Waals surface area contributed by atoms with Crippen LogP contribution in [0.4, 0.5) is 4.39 Å². The van der Waals surface area contributed by atoms with Crippen molar-refractivity contribution < 1.29 is 9.18 Å². The Morgan fingerprint density at radius 3 is 2.47 bits per heavy atom. The molecule has 0 N–H and O–H groups in total. The van der Waals surface area contributed by atoms with Crippen molar-refractivity contribution in [1.29, 1.82) is 0 Å². The van der Waals surface area contributed by atoms with Gasteiger partial charge in [-0.3, -0.25) is 4.79 Å². The fourth-order valence-corrected chi connectivity index (χ4v) is 3.71. The summed E-state index contributed by atoms with van der Waals surface area (Å²) in [6.07, 6.45) is 0. The number of thiophene rings is 1. The van der Waals surface area contributed by atoms with Crippen LogP contribution < -0.4 is 0 Å². The van der Waals surface area contributed by atoms with Crippen LogP contribution in [0.2, 0.25) is 0 Å². The van der Waals surface area contributed by atoms with Gasteiger partial charge < -0.3 is 0 Å². The topological polar surface area (TPSA) is 17.1 Å². The van der Waals surface area contributed by atoms with Gasteiger partial charge in [0.15, 0.2) is 0 Å². The molecular formula is C11H4Br3FOS. The highest BCUT2D eigenvalue weighted by Crippen LogP contribution is 2.34. The molecule has 1 aromatic heterocycles. The normalized spacial score (nSPS) is 10.6. The van der Waals surface area contributed by atoms with Gasteiger partial charge in [0, 0.05) is 14.3 Å². The summed E-state index contributed by atoms with van der Waals surface area (Å²) in [5.74, 6) is -0.849. The molecule has 0 aliphatic carbocycles. The van der Waals surface area contributed by atoms with Crippen LogP contribution in [0.1, 0.15) is 15.2 Å². The Morgan fingerprint density at radius 1 is 1.24 bits per heavy atom. The predicted molar refractivity (Wildman–Crippen MR) is 77.3 cm³/mol. The number of hydrogen-bond acceptors (Lipinski definition) is 2. The molecule has 1 heterocycles. The Labute approximate surface area is 126 Å². The van der Waals surface area contributed by atoms with Crippen LogP contribution in [-0.2, 0) is 0 Å². The molecule has 2 rings (SSSR count). The molecule has 17 heavy (non-hydrogen) atoms. The van der Waals surface area contributed by atoms with E-state index in [1.54, 1.807) is 11.4 Å². The molecule has 1 aromatic carbocycles. The van der Waals surface area contributed by atoms with Gasteiger partial charge in [-0.05, 0) is 50.1 Å². The van der Waals surface area contributed by atoms with Gasteiger partial charge in [-0.1, -0.05) is 15.9 Å². The van der Waals surface area contributed by atoms with E-state index in [0.717, 1.165) is 4.47 Å². The summed E-state index contributed by atoms with van der Waals surface area (Å²) in [5, 5.41) is 1.79. The number of ketones is 1. The van der Waals surface area contributed by atoms with E-state index in [1.807, 2.05) is 0 Å². The highest BCUT2D eigenvalue weighted by Gasteiger charge is 2.19. The first-order chi connectivity index (χ1) is 8.00. The molecule has 0 amide bonds. The lowest BCUT2D eigenvalue weighted by atomic mass is 10.1. The first kappa shape index (κ1) is 13.4. The third-order valence-corrected chi connectivity index (χ3v) is 6.09. The molecular weight excluding hydrogens is 439 g/mol. The summed E-state index contributed by atoms with van der Waals surface area (Å²) in [7, 11) is 0. The second kappa shape index (κ2) is 5.30. The molecule has 88 valence electrons. The van der Waals surface area contributed by atoms with Crippen LogP contribution in [0.15, 0.2) is 37.0 Å². The largest absolute Gasteiger partial charge is 0.288 e. The minimum absolute atomic E-state index is 0.0725. The Hall–Kier alpha value is -0.0400. The number of rotatable bonds is 2. The van der Waals surface area contributed by atoms with Crippen molar-refractivity contribution in [1.82, 2.24) is 0 Å². The van der Waals surface area contributed by atoms with E-state index in [2.05, 4.69) is 47.8 Å². The van der Waals surface area contributed by atoms with E-state index in [0.29, 0.717) is 13.8 Å². The summed E-state index contributed by atoms with van der Waals surface area (Å²) in [6, 6.07) is 4.40. The van der Waals surface area contributed by atoms with E-state index in [-0.39, 0.29) is 11.3 Å². The molecule has 0 fully saturated rings. The maximum absolute atomic E-state index is 13.7. The third-order valence-electron chi connectivity index (χ3n) is 2.07. The van der Waals surface area contributed by atoms with Crippen LogP contribution in [0, 0.1) is 5.82 Å². The first-order valence-corrected chi connectivity index (χ1v) is 7.69. The zero-order chi connectivity index (χ0) is 12.6. The van der Waals surface area contributed by atoms with E-state index in [4.69, 9.17) is 0 Å². The summed E-state index contributed by atoms with van der Waals surface area (Å²) in [5.41, 5.74) is 0.0725. The monoisotopic (exact) mass is 440 g/mol. The number of benzene rings is 1. The van der Waals surface area contributed by atoms with Gasteiger partial charge in [-0.25, -0.2) is 4.39 Å². The first-order valence-electron chi connectivity index (χ1n) is 4.43. The number of halogens is 4. The molecule has 0 saturated carbocycles. The number of carbonyl (C=O) groups excluding carboxylic acids is 1. The maximum Gasteiger partial charge on any atom is 0.207 e. The van der Waals surface area contributed by atoms with Crippen molar-refractivity contribution in [2.75, 3.05) is 0 Å². The molecule has 0 radical (unpaired) electrons. The molecule has 0 atom stereocenters. The van der Waals surface area contributed by atoms with Crippen LogP contribution in [0.25, 0.3) is 0 Å². The Balaban J connectivity index is 2.47. The lowest BCUT2D eigenvalue weighted by Crippen LogP contribution is -2.02. The van der Waals surface area contributed by atoms with Gasteiger partial charge in [-0.2, -0.15) is 0 Å². The van der Waals surface area contributed by atoms with Crippen LogP contribution >= 0.6 is 59.1 Å². The Bertz CT molecular complexity index is 594. The van der Waals surface area contributed by atoms with E-state index < -0.39 is 5.82 Å². The summed E-state index contributed by atoms with van der Waals surface area (Å²) >= 11 is 11.0. The molecule has 0 spiro atoms. The van der Waals surface area contributed by atoms with Crippen LogP contribution in [0.5, 0.6) is 0 Å². The Morgan fingerprint density at radius 2 is 1.94 bits per heavy atom. The van der Waals surface area contributed by atoms with Gasteiger partial charge in [-0.15, -0.1) is 11.3 Å². The second-order valence-electron chi connectivity index (χ2n) is 3.18. The standard InChI is InChI=1S/C11H4Br3FOS/c12-5-1-2-6(8(15)3-5)10(16)11-9(14)7(13)4-17-11/h1-4H. The molecule has 6 heteroatoms. The van der Waals surface area contributed by atoms with Crippen LogP contribution in [-0.4, -0.2) is 5.78 Å². The van der Waals surface area contributed by atoms with Gasteiger partial charge in [0.25, 0.3) is 0 Å². The smallest absolute Gasteiger partial charge is 0.207 e. The molecule has 0 saturated heterocycles. The number of carbonyl (C=O) groups is 1. The van der Waals surface area contributed by atoms with Crippen molar-refractivity contribution in [3.05, 3.63) is 53.3 Å². The quantitative estimate of drug-likeness (QED) is 0.569. The molecule has 2 aromatic rings. The third kappa shape index (κ3) is 2.70. The minimum Gasteiger partial charge on any atom is -0.288 e. The van der Waals surface area contributed by atoms with Gasteiger partial charge in [0.05, 0.1) is 14.9 Å². The average molecular weight is 443 g/mol. The fraction of sp³-hybridized carbons (Fsp3) is 0. The van der Waals surface area contributed by atoms with E-state index >= 15 is 0 Å². The SMILES string of the molecule is O=C(c1ccc(Br)cc1F)c1scc(Br)c1Br. The van der Waals surface area contributed by atoms with Gasteiger partial charge in [0.1, 0.15) is 5.82 Å².